The van der Waals surface area contributed by atoms with Crippen LogP contribution in [0.3, 0.4) is 0 Å². The van der Waals surface area contributed by atoms with Crippen LogP contribution in [0.4, 0.5) is 21.9 Å². The average Bonchev–Trinajstić information content (AvgIpc) is 2.79. The Morgan fingerprint density at radius 3 is 2.12 bits per heavy atom. The van der Waals surface area contributed by atoms with Crippen LogP contribution in [0, 0.1) is 17.0 Å². The van der Waals surface area contributed by atoms with Gasteiger partial charge < -0.3 is 5.32 Å². The highest BCUT2D eigenvalue weighted by Crippen LogP contribution is 2.37. The largest absolute Gasteiger partial charge is 0.326 e. The molecule has 0 heterocycles. The van der Waals surface area contributed by atoms with Crippen molar-refractivity contribution in [3.63, 3.8) is 0 Å². The molecule has 0 aliphatic rings. The summed E-state index contributed by atoms with van der Waals surface area (Å²) in [6, 6.07) is 18.0. The van der Waals surface area contributed by atoms with Crippen molar-refractivity contribution < 1.29 is 9.72 Å². The van der Waals surface area contributed by atoms with E-state index in [1.165, 1.54) is 11.6 Å². The first-order valence-electron chi connectivity index (χ1n) is 11.2. The fourth-order valence-electron chi connectivity index (χ4n) is 3.82. The number of rotatable bonds is 6. The summed E-state index contributed by atoms with van der Waals surface area (Å²) in [5.41, 5.74) is 4.18. The van der Waals surface area contributed by atoms with E-state index in [0.29, 0.717) is 22.8 Å². The number of urea groups is 1. The van der Waals surface area contributed by atoms with Crippen LogP contribution < -0.4 is 10.2 Å². The van der Waals surface area contributed by atoms with Crippen LogP contribution in [0.1, 0.15) is 49.9 Å². The van der Waals surface area contributed by atoms with Gasteiger partial charge in [0.2, 0.25) is 0 Å². The van der Waals surface area contributed by atoms with Crippen LogP contribution in [-0.4, -0.2) is 11.0 Å². The van der Waals surface area contributed by atoms with Crippen molar-refractivity contribution in [3.05, 3.63) is 98.1 Å². The van der Waals surface area contributed by atoms with Gasteiger partial charge in [-0.3, -0.25) is 15.0 Å². The molecule has 0 spiro atoms. The minimum Gasteiger partial charge on any atom is -0.307 e. The molecule has 0 saturated heterocycles. The van der Waals surface area contributed by atoms with Gasteiger partial charge in [0, 0.05) is 16.8 Å². The van der Waals surface area contributed by atoms with E-state index in [9.17, 15) is 14.9 Å². The van der Waals surface area contributed by atoms with Gasteiger partial charge in [-0.25, -0.2) is 4.79 Å². The van der Waals surface area contributed by atoms with Crippen molar-refractivity contribution in [3.8, 4) is 0 Å². The van der Waals surface area contributed by atoms with E-state index in [1.54, 1.807) is 30.0 Å². The Morgan fingerprint density at radius 2 is 1.59 bits per heavy atom. The molecule has 1 N–H and O–H groups in total. The van der Waals surface area contributed by atoms with Gasteiger partial charge in [0.15, 0.2) is 0 Å². The third-order valence-electron chi connectivity index (χ3n) is 5.83. The van der Waals surface area contributed by atoms with Crippen LogP contribution in [0.5, 0.6) is 0 Å². The molecule has 0 radical (unpaired) electrons. The van der Waals surface area contributed by atoms with Crippen molar-refractivity contribution in [2.45, 2.75) is 53.0 Å². The Kier molecular flexibility index (Phi) is 7.62. The number of aryl methyl sites for hydroxylation is 1. The number of anilines is 2. The summed E-state index contributed by atoms with van der Waals surface area (Å²) in [5, 5.41) is 15.2. The first-order valence-corrected chi connectivity index (χ1v) is 11.6. The number of nitro groups is 1. The van der Waals surface area contributed by atoms with Crippen molar-refractivity contribution in [1.29, 1.82) is 0 Å². The molecule has 3 rings (SSSR count). The van der Waals surface area contributed by atoms with Crippen molar-refractivity contribution in [1.82, 2.24) is 0 Å². The number of nitro benzene ring substituents is 1. The molecule has 0 aromatic heterocycles. The maximum atomic E-state index is 13.7. The van der Waals surface area contributed by atoms with E-state index in [0.717, 1.165) is 23.2 Å². The van der Waals surface area contributed by atoms with E-state index < -0.39 is 4.92 Å². The molecule has 0 aliphatic heterocycles. The Hall–Kier alpha value is -3.38. The number of hydrogen-bond acceptors (Lipinski definition) is 3. The SMILES string of the molecule is CCc1ccc(N(Cc2ccc(Cl)cc2)C(=O)Nc2c(C(C)(C)C)ccc([N+](=O)[O-])c2C)cc1. The third-order valence-corrected chi connectivity index (χ3v) is 6.08. The number of amides is 2. The summed E-state index contributed by atoms with van der Waals surface area (Å²) in [5.74, 6) is 0. The minimum atomic E-state index is -0.424. The maximum Gasteiger partial charge on any atom is 0.326 e. The summed E-state index contributed by atoms with van der Waals surface area (Å²) < 4.78 is 0. The summed E-state index contributed by atoms with van der Waals surface area (Å²) in [4.78, 5) is 26.5. The second-order valence-corrected chi connectivity index (χ2v) is 9.74. The molecule has 34 heavy (non-hydrogen) atoms. The summed E-state index contributed by atoms with van der Waals surface area (Å²) in [6.45, 7) is 10.1. The van der Waals surface area contributed by atoms with Crippen molar-refractivity contribution in [2.24, 2.45) is 0 Å². The van der Waals surface area contributed by atoms with Crippen LogP contribution in [0.15, 0.2) is 60.7 Å². The fourth-order valence-corrected chi connectivity index (χ4v) is 3.95. The number of hydrogen-bond donors (Lipinski definition) is 1. The number of carbonyl (C=O) groups excluding carboxylic acids is 1. The average molecular weight is 480 g/mol. The molecule has 0 saturated carbocycles. The standard InChI is InChI=1S/C27H30ClN3O3/c1-6-19-9-13-22(14-10-19)30(17-20-7-11-21(28)12-8-20)26(32)29-25-18(2)24(31(33)34)16-15-23(25)27(3,4)5/h7-16H,6,17H2,1-5H3,(H,29,32). The Bertz CT molecular complexity index is 1180. The van der Waals surface area contributed by atoms with Gasteiger partial charge in [0.05, 0.1) is 22.7 Å². The number of nitrogens with one attached hydrogen (secondary N) is 1. The smallest absolute Gasteiger partial charge is 0.307 e. The number of nitrogens with zero attached hydrogens (tertiary/aromatic N) is 2. The lowest BCUT2D eigenvalue weighted by Crippen LogP contribution is -2.35. The first kappa shape index (κ1) is 25.2. The van der Waals surface area contributed by atoms with E-state index in [-0.39, 0.29) is 17.1 Å². The second kappa shape index (κ2) is 10.3. The zero-order chi connectivity index (χ0) is 25.0. The van der Waals surface area contributed by atoms with Crippen LogP contribution >= 0.6 is 11.6 Å². The molecule has 7 heteroatoms. The zero-order valence-electron chi connectivity index (χ0n) is 20.2. The number of carbonyl (C=O) groups is 1. The minimum absolute atomic E-state index is 0.0279. The Balaban J connectivity index is 2.05. The molecular formula is C27H30ClN3O3. The lowest BCUT2D eigenvalue weighted by Gasteiger charge is -2.28. The Labute approximate surface area is 205 Å². The molecule has 0 aliphatic carbocycles. The van der Waals surface area contributed by atoms with Crippen LogP contribution in [0.2, 0.25) is 5.02 Å². The first-order chi connectivity index (χ1) is 16.0. The van der Waals surface area contributed by atoms with Gasteiger partial charge in [0.1, 0.15) is 0 Å². The van der Waals surface area contributed by atoms with Gasteiger partial charge in [0.25, 0.3) is 5.69 Å². The van der Waals surface area contributed by atoms with Gasteiger partial charge in [-0.05, 0) is 65.8 Å². The normalized spacial score (nSPS) is 11.2. The summed E-state index contributed by atoms with van der Waals surface area (Å²) in [7, 11) is 0. The lowest BCUT2D eigenvalue weighted by molar-refractivity contribution is -0.385. The highest BCUT2D eigenvalue weighted by molar-refractivity contribution is 6.30. The quantitative estimate of drug-likeness (QED) is 0.291. The van der Waals surface area contributed by atoms with Gasteiger partial charge in [-0.15, -0.1) is 0 Å². The second-order valence-electron chi connectivity index (χ2n) is 9.30. The van der Waals surface area contributed by atoms with E-state index in [4.69, 9.17) is 11.6 Å². The van der Waals surface area contributed by atoms with E-state index in [2.05, 4.69) is 12.2 Å². The maximum absolute atomic E-state index is 13.7. The monoisotopic (exact) mass is 479 g/mol. The molecule has 178 valence electrons. The van der Waals surface area contributed by atoms with Gasteiger partial charge in [-0.1, -0.05) is 63.6 Å². The predicted octanol–water partition coefficient (Wildman–Crippen LogP) is 7.66. The molecule has 2 amide bonds. The Morgan fingerprint density at radius 1 is 1.00 bits per heavy atom. The van der Waals surface area contributed by atoms with Crippen LogP contribution in [0.25, 0.3) is 0 Å². The molecule has 0 unspecified atom stereocenters. The van der Waals surface area contributed by atoms with Crippen molar-refractivity contribution in [2.75, 3.05) is 10.2 Å². The predicted molar refractivity (Wildman–Crippen MR) is 139 cm³/mol. The zero-order valence-corrected chi connectivity index (χ0v) is 20.9. The lowest BCUT2D eigenvalue weighted by atomic mass is 9.84. The molecule has 0 fully saturated rings. The molecule has 3 aromatic carbocycles. The van der Waals surface area contributed by atoms with Gasteiger partial charge in [-0.2, -0.15) is 0 Å². The highest BCUT2D eigenvalue weighted by atomic mass is 35.5. The molecular weight excluding hydrogens is 450 g/mol. The van der Waals surface area contributed by atoms with E-state index in [1.807, 2.05) is 57.2 Å². The highest BCUT2D eigenvalue weighted by Gasteiger charge is 2.27. The summed E-state index contributed by atoms with van der Waals surface area (Å²) in [6.07, 6.45) is 0.894. The molecule has 0 bridgehead atoms. The van der Waals surface area contributed by atoms with Crippen LogP contribution in [-0.2, 0) is 18.4 Å². The number of benzene rings is 3. The number of halogens is 1. The van der Waals surface area contributed by atoms with E-state index >= 15 is 0 Å². The molecule has 3 aromatic rings. The molecule has 0 atom stereocenters. The third kappa shape index (κ3) is 5.75. The topological polar surface area (TPSA) is 75.5 Å². The molecule has 6 nitrogen and oxygen atoms in total. The van der Waals surface area contributed by atoms with Crippen molar-refractivity contribution >= 4 is 34.7 Å². The summed E-state index contributed by atoms with van der Waals surface area (Å²) >= 11 is 6.04. The van der Waals surface area contributed by atoms with Gasteiger partial charge >= 0.3 is 6.03 Å². The fraction of sp³-hybridized carbons (Fsp3) is 0.296.